The molecule has 11 heteroatoms. The maximum Gasteiger partial charge on any atom is 0.256 e. The lowest BCUT2D eigenvalue weighted by Crippen LogP contribution is -2.47. The van der Waals surface area contributed by atoms with E-state index in [0.29, 0.717) is 29.0 Å². The Morgan fingerprint density at radius 1 is 1.00 bits per heavy atom. The van der Waals surface area contributed by atoms with E-state index in [1.165, 1.54) is 6.33 Å². The number of amides is 1. The van der Waals surface area contributed by atoms with E-state index >= 15 is 0 Å². The van der Waals surface area contributed by atoms with Crippen LogP contribution in [0, 0.1) is 6.61 Å². The maximum atomic E-state index is 12.8. The molecule has 2 aromatic heterocycles. The van der Waals surface area contributed by atoms with Gasteiger partial charge in [-0.1, -0.05) is 59.7 Å². The smallest absolute Gasteiger partial charge is 0.256 e. The van der Waals surface area contributed by atoms with Crippen LogP contribution in [0.25, 0.3) is 11.2 Å². The first kappa shape index (κ1) is 30.5. The second-order valence-electron chi connectivity index (χ2n) is 13.6. The summed E-state index contributed by atoms with van der Waals surface area (Å²) in [5.41, 5.74) is 1.63. The van der Waals surface area contributed by atoms with Gasteiger partial charge in [0, 0.05) is 12.0 Å². The number of anilines is 1. The predicted molar refractivity (Wildman–Crippen MR) is 163 cm³/mol. The normalized spacial score (nSPS) is 20.7. The van der Waals surface area contributed by atoms with Crippen LogP contribution >= 0.6 is 0 Å². The highest BCUT2D eigenvalue weighted by atomic mass is 28.4. The molecule has 1 aliphatic rings. The number of ether oxygens (including phenoxy) is 1. The molecule has 0 bridgehead atoms. The van der Waals surface area contributed by atoms with Crippen molar-refractivity contribution in [1.29, 1.82) is 0 Å². The molecule has 1 aromatic carbocycles. The van der Waals surface area contributed by atoms with Crippen molar-refractivity contribution < 1.29 is 18.4 Å². The molecule has 1 aliphatic heterocycles. The number of benzene rings is 1. The summed E-state index contributed by atoms with van der Waals surface area (Å²) in [6.45, 7) is 24.2. The molecule has 3 aromatic rings. The van der Waals surface area contributed by atoms with Crippen LogP contribution in [0.4, 0.5) is 5.82 Å². The quantitative estimate of drug-likeness (QED) is 0.287. The van der Waals surface area contributed by atoms with Crippen LogP contribution in [0.1, 0.15) is 64.5 Å². The zero-order valence-electron chi connectivity index (χ0n) is 25.5. The minimum atomic E-state index is -2.09. The molecule has 217 valence electrons. The van der Waals surface area contributed by atoms with Gasteiger partial charge in [-0.05, 0) is 48.4 Å². The van der Waals surface area contributed by atoms with Gasteiger partial charge in [0.2, 0.25) is 0 Å². The van der Waals surface area contributed by atoms with Crippen LogP contribution in [-0.4, -0.2) is 54.3 Å². The molecule has 0 saturated carbocycles. The molecule has 4 rings (SSSR count). The Morgan fingerprint density at radius 3 is 2.27 bits per heavy atom. The average Bonchev–Trinajstić information content (AvgIpc) is 3.46. The Kier molecular flexibility index (Phi) is 8.46. The second-order valence-corrected chi connectivity index (χ2v) is 23.1. The van der Waals surface area contributed by atoms with Crippen molar-refractivity contribution in [2.75, 3.05) is 5.32 Å². The van der Waals surface area contributed by atoms with Crippen LogP contribution in [0.2, 0.25) is 36.3 Å². The Hall–Kier alpha value is -2.45. The second kappa shape index (κ2) is 11.1. The summed E-state index contributed by atoms with van der Waals surface area (Å²) >= 11 is 0. The first-order chi connectivity index (χ1) is 18.5. The van der Waals surface area contributed by atoms with Gasteiger partial charge < -0.3 is 18.9 Å². The molecule has 1 saturated heterocycles. The van der Waals surface area contributed by atoms with E-state index in [0.717, 1.165) is 0 Å². The lowest BCUT2D eigenvalue weighted by molar-refractivity contribution is -0.0165. The van der Waals surface area contributed by atoms with Crippen LogP contribution in [0.5, 0.6) is 0 Å². The van der Waals surface area contributed by atoms with E-state index in [-0.39, 0.29) is 34.4 Å². The molecule has 1 amide bonds. The standard InChI is InChI=1S/C29H44N5O4Si2/c1-28(2,3)39(7,8)36-17-22-21(38-40(9,10)29(4,5)6)16-23(37-22)34-19-32-24-25(30-18-31-26(24)34)33-27(35)20-14-12-11-13-15-20/h11-15,17-19,21-23H,16H2,1-10H3,(H,30,31,33,35)/t21-,22+,23+/m0/s1. The summed E-state index contributed by atoms with van der Waals surface area (Å²) in [4.78, 5) is 26.1. The average molecular weight is 583 g/mol. The Balaban J connectivity index is 1.60. The van der Waals surface area contributed by atoms with Gasteiger partial charge in [0.25, 0.3) is 5.91 Å². The fourth-order valence-corrected chi connectivity index (χ4v) is 6.13. The maximum absolute atomic E-state index is 12.8. The summed E-state index contributed by atoms with van der Waals surface area (Å²) in [6.07, 6.45) is 2.87. The molecule has 1 radical (unpaired) electrons. The number of nitrogens with one attached hydrogen (secondary N) is 1. The van der Waals surface area contributed by atoms with Crippen molar-refractivity contribution in [3.05, 3.63) is 55.2 Å². The highest BCUT2D eigenvalue weighted by Gasteiger charge is 2.47. The molecular weight excluding hydrogens is 539 g/mol. The molecule has 1 fully saturated rings. The van der Waals surface area contributed by atoms with Gasteiger partial charge >= 0.3 is 0 Å². The fraction of sp³-hybridized carbons (Fsp3) is 0.552. The molecule has 0 aliphatic carbocycles. The van der Waals surface area contributed by atoms with Gasteiger partial charge in [0.05, 0.1) is 12.4 Å². The predicted octanol–water partition coefficient (Wildman–Crippen LogP) is 6.94. The Morgan fingerprint density at radius 2 is 1.65 bits per heavy atom. The topological polar surface area (TPSA) is 100 Å². The molecular formula is C29H44N5O4Si2. The van der Waals surface area contributed by atoms with E-state index in [2.05, 4.69) is 88.0 Å². The van der Waals surface area contributed by atoms with Gasteiger partial charge in [-0.2, -0.15) is 0 Å². The first-order valence-electron chi connectivity index (χ1n) is 13.9. The van der Waals surface area contributed by atoms with Crippen molar-refractivity contribution in [3.8, 4) is 0 Å². The molecule has 0 spiro atoms. The number of imidazole rings is 1. The third kappa shape index (κ3) is 6.38. The number of fused-ring (bicyclic) bond motifs is 1. The van der Waals surface area contributed by atoms with Crippen molar-refractivity contribution in [2.24, 2.45) is 0 Å². The third-order valence-electron chi connectivity index (χ3n) is 8.61. The van der Waals surface area contributed by atoms with Gasteiger partial charge in [0.1, 0.15) is 25.3 Å². The Bertz CT molecular complexity index is 1330. The fourth-order valence-electron chi connectivity index (χ4n) is 3.96. The van der Waals surface area contributed by atoms with Crippen molar-refractivity contribution in [3.63, 3.8) is 0 Å². The summed E-state index contributed by atoms with van der Waals surface area (Å²) < 4.78 is 21.9. The summed E-state index contributed by atoms with van der Waals surface area (Å²) in [7, 11) is -4.13. The zero-order valence-corrected chi connectivity index (χ0v) is 27.5. The highest BCUT2D eigenvalue weighted by molar-refractivity contribution is 6.74. The largest absolute Gasteiger partial charge is 0.411 e. The number of hydrogen-bond acceptors (Lipinski definition) is 7. The summed E-state index contributed by atoms with van der Waals surface area (Å²) in [5, 5.41) is 2.99. The minimum absolute atomic E-state index is 0.0523. The Labute approximate surface area is 240 Å². The van der Waals surface area contributed by atoms with Crippen molar-refractivity contribution >= 4 is 39.5 Å². The van der Waals surface area contributed by atoms with E-state index in [1.54, 1.807) is 18.5 Å². The SMILES string of the molecule is CC(C)(C)[Si](C)(C)O[CH][C@H]1O[C@@H](n2cnc3c(NC(=O)c4ccccc4)ncnc32)C[C@@H]1O[Si](C)(C)C(C)(C)C. The number of carbonyl (C=O) groups excluding carboxylic acids is 1. The molecule has 40 heavy (non-hydrogen) atoms. The highest BCUT2D eigenvalue weighted by Crippen LogP contribution is 2.43. The molecule has 1 N–H and O–H groups in total. The van der Waals surface area contributed by atoms with Gasteiger partial charge in [-0.15, -0.1) is 0 Å². The lowest BCUT2D eigenvalue weighted by atomic mass is 10.2. The van der Waals surface area contributed by atoms with Gasteiger partial charge in [-0.25, -0.2) is 15.0 Å². The van der Waals surface area contributed by atoms with Gasteiger partial charge in [-0.3, -0.25) is 9.36 Å². The number of hydrogen-bond donors (Lipinski definition) is 1. The third-order valence-corrected chi connectivity index (χ3v) is 17.4. The van der Waals surface area contributed by atoms with Gasteiger partial charge in [0.15, 0.2) is 33.6 Å². The molecule has 3 heterocycles. The number of carbonyl (C=O) groups is 1. The molecule has 3 atom stereocenters. The van der Waals surface area contributed by atoms with Crippen LogP contribution < -0.4 is 5.32 Å². The zero-order chi connectivity index (χ0) is 29.5. The molecule has 0 unspecified atom stereocenters. The van der Waals surface area contributed by atoms with Crippen molar-refractivity contribution in [1.82, 2.24) is 19.5 Å². The first-order valence-corrected chi connectivity index (χ1v) is 19.7. The van der Waals surface area contributed by atoms with E-state index in [4.69, 9.17) is 13.6 Å². The number of aromatic nitrogens is 4. The van der Waals surface area contributed by atoms with Crippen molar-refractivity contribution in [2.45, 2.75) is 103 Å². The van der Waals surface area contributed by atoms with Crippen LogP contribution in [0.3, 0.4) is 0 Å². The van der Waals surface area contributed by atoms with Crippen LogP contribution in [0.15, 0.2) is 43.0 Å². The van der Waals surface area contributed by atoms with E-state index in [1.807, 2.05) is 29.4 Å². The van der Waals surface area contributed by atoms with E-state index in [9.17, 15) is 4.79 Å². The monoisotopic (exact) mass is 582 g/mol. The molecule has 9 nitrogen and oxygen atoms in total. The summed E-state index contributed by atoms with van der Waals surface area (Å²) in [5.74, 6) is 0.0987. The minimum Gasteiger partial charge on any atom is -0.411 e. The number of nitrogens with zero attached hydrogens (tertiary/aromatic N) is 4. The lowest BCUT2D eigenvalue weighted by Gasteiger charge is -2.40. The summed E-state index contributed by atoms with van der Waals surface area (Å²) in [6, 6.07) is 9.02. The van der Waals surface area contributed by atoms with Crippen LogP contribution in [-0.2, 0) is 13.6 Å². The number of rotatable bonds is 8. The van der Waals surface area contributed by atoms with E-state index < -0.39 is 16.6 Å².